The van der Waals surface area contributed by atoms with Gasteiger partial charge in [-0.05, 0) is 20.3 Å². The summed E-state index contributed by atoms with van der Waals surface area (Å²) in [7, 11) is 0. The van der Waals surface area contributed by atoms with Crippen molar-refractivity contribution in [1.82, 2.24) is 0 Å². The van der Waals surface area contributed by atoms with E-state index in [-0.39, 0.29) is 0 Å². The summed E-state index contributed by atoms with van der Waals surface area (Å²) in [5.74, 6) is -0.959. The molecule has 0 aromatic heterocycles. The number of rotatable bonds is 10. The number of carbonyl (C=O) groups is 2. The lowest BCUT2D eigenvalue weighted by Gasteiger charge is -2.22. The molecule has 5 heteroatoms. The van der Waals surface area contributed by atoms with E-state index in [9.17, 15) is 9.59 Å². The van der Waals surface area contributed by atoms with Crippen molar-refractivity contribution in [3.63, 3.8) is 0 Å². The second-order valence-electron chi connectivity index (χ2n) is 6.06. The highest BCUT2D eigenvalue weighted by molar-refractivity contribution is 5.86. The SMILES string of the molecule is CC1OC(=O)C(C)OC1=O.CCCCCCCCCCCCO. The lowest BCUT2D eigenvalue weighted by atomic mass is 10.1. The summed E-state index contributed by atoms with van der Waals surface area (Å²) in [5.41, 5.74) is 0. The van der Waals surface area contributed by atoms with Gasteiger partial charge in [0.2, 0.25) is 0 Å². The summed E-state index contributed by atoms with van der Waals surface area (Å²) in [6, 6.07) is 0. The number of aliphatic hydroxyl groups excluding tert-OH is 1. The molecule has 0 spiro atoms. The zero-order valence-electron chi connectivity index (χ0n) is 15.0. The molecule has 1 aliphatic rings. The molecule has 0 saturated carbocycles. The van der Waals surface area contributed by atoms with E-state index in [2.05, 4.69) is 16.4 Å². The van der Waals surface area contributed by atoms with Crippen LogP contribution >= 0.6 is 0 Å². The predicted molar refractivity (Wildman–Crippen MR) is 90.0 cm³/mol. The largest absolute Gasteiger partial charge is 0.448 e. The van der Waals surface area contributed by atoms with Gasteiger partial charge < -0.3 is 14.6 Å². The van der Waals surface area contributed by atoms with Gasteiger partial charge in [-0.3, -0.25) is 0 Å². The first-order valence-electron chi connectivity index (χ1n) is 9.04. The Morgan fingerprint density at radius 1 is 0.739 bits per heavy atom. The minimum absolute atomic E-state index is 0.372. The third kappa shape index (κ3) is 12.0. The van der Waals surface area contributed by atoms with Gasteiger partial charge in [0, 0.05) is 6.61 Å². The molecule has 0 radical (unpaired) electrons. The number of esters is 2. The van der Waals surface area contributed by atoms with E-state index in [1.54, 1.807) is 0 Å². The molecule has 1 aliphatic heterocycles. The highest BCUT2D eigenvalue weighted by Crippen LogP contribution is 2.10. The molecule has 136 valence electrons. The highest BCUT2D eigenvalue weighted by atomic mass is 16.6. The van der Waals surface area contributed by atoms with Gasteiger partial charge in [-0.15, -0.1) is 0 Å². The van der Waals surface area contributed by atoms with Gasteiger partial charge in [0.05, 0.1) is 0 Å². The van der Waals surface area contributed by atoms with Gasteiger partial charge in [0.25, 0.3) is 0 Å². The number of ether oxygens (including phenoxy) is 2. The normalized spacial score (nSPS) is 20.3. The van der Waals surface area contributed by atoms with E-state index in [0.717, 1.165) is 6.42 Å². The summed E-state index contributed by atoms with van der Waals surface area (Å²) >= 11 is 0. The van der Waals surface area contributed by atoms with Crippen molar-refractivity contribution in [2.45, 2.75) is 97.2 Å². The number of hydrogen-bond acceptors (Lipinski definition) is 5. The van der Waals surface area contributed by atoms with Crippen molar-refractivity contribution in [3.8, 4) is 0 Å². The Bertz CT molecular complexity index is 287. The van der Waals surface area contributed by atoms with Crippen LogP contribution in [0.3, 0.4) is 0 Å². The van der Waals surface area contributed by atoms with Crippen LogP contribution in [-0.2, 0) is 19.1 Å². The van der Waals surface area contributed by atoms with Gasteiger partial charge in [-0.1, -0.05) is 64.7 Å². The first kappa shape index (κ1) is 21.9. The van der Waals surface area contributed by atoms with Crippen molar-refractivity contribution in [3.05, 3.63) is 0 Å². The van der Waals surface area contributed by atoms with Gasteiger partial charge in [0.1, 0.15) is 0 Å². The molecule has 0 aromatic carbocycles. The lowest BCUT2D eigenvalue weighted by Crippen LogP contribution is -2.40. The van der Waals surface area contributed by atoms with Crippen LogP contribution in [0, 0.1) is 0 Å². The second kappa shape index (κ2) is 14.5. The molecule has 2 unspecified atom stereocenters. The fourth-order valence-electron chi connectivity index (χ4n) is 2.24. The average molecular weight is 330 g/mol. The molecule has 0 bridgehead atoms. The topological polar surface area (TPSA) is 72.8 Å². The van der Waals surface area contributed by atoms with E-state index in [1.807, 2.05) is 0 Å². The average Bonchev–Trinajstić information content (AvgIpc) is 2.52. The van der Waals surface area contributed by atoms with Crippen LogP contribution in [0.5, 0.6) is 0 Å². The standard InChI is InChI=1S/C12H26O.C6H8O4/c1-2-3-4-5-6-7-8-9-10-11-12-13;1-3-5(7)10-4(2)6(8)9-3/h13H,2-12H2,1H3;3-4H,1-2H3. The number of hydrogen-bond donors (Lipinski definition) is 1. The second-order valence-corrected chi connectivity index (χ2v) is 6.06. The van der Waals surface area contributed by atoms with Crippen molar-refractivity contribution in [2.24, 2.45) is 0 Å². The fourth-order valence-corrected chi connectivity index (χ4v) is 2.24. The molecule has 0 aromatic rings. The van der Waals surface area contributed by atoms with Crippen molar-refractivity contribution in [2.75, 3.05) is 6.61 Å². The molecule has 23 heavy (non-hydrogen) atoms. The number of aliphatic hydroxyl groups is 1. The van der Waals surface area contributed by atoms with Gasteiger partial charge in [-0.25, -0.2) is 9.59 Å². The smallest absolute Gasteiger partial charge is 0.347 e. The molecule has 1 fully saturated rings. The van der Waals surface area contributed by atoms with Crippen LogP contribution in [0.25, 0.3) is 0 Å². The Morgan fingerprint density at radius 3 is 1.43 bits per heavy atom. The summed E-state index contributed by atoms with van der Waals surface area (Å²) < 4.78 is 9.19. The lowest BCUT2D eigenvalue weighted by molar-refractivity contribution is -0.191. The van der Waals surface area contributed by atoms with Crippen molar-refractivity contribution >= 4 is 11.9 Å². The van der Waals surface area contributed by atoms with E-state index in [0.29, 0.717) is 6.61 Å². The van der Waals surface area contributed by atoms with E-state index in [1.165, 1.54) is 71.6 Å². The summed E-state index contributed by atoms with van der Waals surface area (Å²) in [6.45, 7) is 5.59. The first-order chi connectivity index (χ1) is 11.0. The van der Waals surface area contributed by atoms with Crippen LogP contribution in [0.1, 0.15) is 85.0 Å². The quantitative estimate of drug-likeness (QED) is 0.488. The minimum Gasteiger partial charge on any atom is -0.448 e. The summed E-state index contributed by atoms with van der Waals surface area (Å²) in [5, 5.41) is 8.57. The number of carbonyl (C=O) groups excluding carboxylic acids is 2. The Morgan fingerprint density at radius 2 is 1.09 bits per heavy atom. The Balaban J connectivity index is 0.000000433. The van der Waals surface area contributed by atoms with Crippen LogP contribution in [0.2, 0.25) is 0 Å². The van der Waals surface area contributed by atoms with Crippen molar-refractivity contribution < 1.29 is 24.2 Å². The van der Waals surface area contributed by atoms with Gasteiger partial charge in [0.15, 0.2) is 12.2 Å². The van der Waals surface area contributed by atoms with Crippen LogP contribution in [0.4, 0.5) is 0 Å². The van der Waals surface area contributed by atoms with E-state index < -0.39 is 24.1 Å². The molecule has 1 heterocycles. The maximum Gasteiger partial charge on any atom is 0.347 e. The Hall–Kier alpha value is -1.10. The molecule has 0 amide bonds. The van der Waals surface area contributed by atoms with Crippen LogP contribution < -0.4 is 0 Å². The summed E-state index contributed by atoms with van der Waals surface area (Å²) in [6.07, 6.45) is 11.8. The maximum absolute atomic E-state index is 10.7. The minimum atomic E-state index is -0.747. The fraction of sp³-hybridized carbons (Fsp3) is 0.889. The third-order valence-electron chi connectivity index (χ3n) is 3.76. The number of cyclic esters (lactones) is 2. The zero-order chi connectivity index (χ0) is 17.5. The predicted octanol–water partition coefficient (Wildman–Crippen LogP) is 3.76. The van der Waals surface area contributed by atoms with Crippen molar-refractivity contribution in [1.29, 1.82) is 0 Å². The molecule has 2 atom stereocenters. The molecule has 5 nitrogen and oxygen atoms in total. The molecule has 1 rings (SSSR count). The monoisotopic (exact) mass is 330 g/mol. The Labute approximate surface area is 140 Å². The molecule has 0 aliphatic carbocycles. The van der Waals surface area contributed by atoms with Gasteiger partial charge >= 0.3 is 11.9 Å². The van der Waals surface area contributed by atoms with E-state index >= 15 is 0 Å². The zero-order valence-corrected chi connectivity index (χ0v) is 15.0. The van der Waals surface area contributed by atoms with Gasteiger partial charge in [-0.2, -0.15) is 0 Å². The maximum atomic E-state index is 10.7. The van der Waals surface area contributed by atoms with Crippen LogP contribution in [0.15, 0.2) is 0 Å². The third-order valence-corrected chi connectivity index (χ3v) is 3.76. The van der Waals surface area contributed by atoms with Crippen LogP contribution in [-0.4, -0.2) is 35.9 Å². The Kier molecular flexibility index (Phi) is 13.8. The molecule has 1 saturated heterocycles. The number of unbranched alkanes of at least 4 members (excludes halogenated alkanes) is 9. The first-order valence-corrected chi connectivity index (χ1v) is 9.04. The van der Waals surface area contributed by atoms with E-state index in [4.69, 9.17) is 5.11 Å². The molecular formula is C18H34O5. The summed E-state index contributed by atoms with van der Waals surface area (Å²) in [4.78, 5) is 21.3. The molecule has 1 N–H and O–H groups in total. The molecular weight excluding hydrogens is 296 g/mol. The highest BCUT2D eigenvalue weighted by Gasteiger charge is 2.32.